The first-order valence-electron chi connectivity index (χ1n) is 41.0. The van der Waals surface area contributed by atoms with Crippen LogP contribution >= 0.6 is 0 Å². The number of methoxy groups -OCH3 is 6. The molecule has 7 aromatic heterocycles. The van der Waals surface area contributed by atoms with E-state index in [2.05, 4.69) is 202 Å². The molecule has 0 atom stereocenters. The molecule has 14 heterocycles. The van der Waals surface area contributed by atoms with Gasteiger partial charge in [-0.05, 0) is 200 Å². The van der Waals surface area contributed by atoms with Gasteiger partial charge in [0, 0.05) is 81.0 Å². The van der Waals surface area contributed by atoms with Crippen LogP contribution in [0.2, 0.25) is 0 Å². The van der Waals surface area contributed by atoms with Gasteiger partial charge >= 0.3 is 0 Å². The fourth-order valence-electron chi connectivity index (χ4n) is 18.9. The third kappa shape index (κ3) is 13.0. The van der Waals surface area contributed by atoms with E-state index in [0.717, 1.165) is 178 Å². The average molecular weight is 1600 g/mol. The maximum atomic E-state index is 10.0. The predicted molar refractivity (Wildman–Crippen MR) is 464 cm³/mol. The monoisotopic (exact) mass is 1590 g/mol. The molecule has 7 aliphatic rings. The summed E-state index contributed by atoms with van der Waals surface area (Å²) in [5.74, 6) is 9.85. The molecule has 0 unspecified atom stereocenters. The molecule has 7 aliphatic heterocycles. The van der Waals surface area contributed by atoms with E-state index in [9.17, 15) is 10.2 Å². The van der Waals surface area contributed by atoms with E-state index in [1.165, 1.54) is 127 Å². The summed E-state index contributed by atoms with van der Waals surface area (Å²) in [5, 5.41) is 35.6. The van der Waals surface area contributed by atoms with E-state index >= 15 is 0 Å². The van der Waals surface area contributed by atoms with Gasteiger partial charge in [-0.25, -0.2) is 0 Å². The number of benzene rings is 10. The van der Waals surface area contributed by atoms with Crippen molar-refractivity contribution in [1.82, 2.24) is 0 Å². The van der Waals surface area contributed by atoms with E-state index in [1.54, 1.807) is 54.8 Å². The molecule has 0 spiro atoms. The number of aromatic hydroxyl groups is 2. The van der Waals surface area contributed by atoms with Crippen LogP contribution in [0.25, 0.3) is 120 Å². The minimum atomic E-state index is 0.150. The van der Waals surface area contributed by atoms with E-state index < -0.39 is 0 Å². The highest BCUT2D eigenvalue weighted by Gasteiger charge is 2.33. The third-order valence-electron chi connectivity index (χ3n) is 25.0. The molecule has 0 bridgehead atoms. The van der Waals surface area contributed by atoms with Crippen LogP contribution in [-0.2, 0) is 58.2 Å². The van der Waals surface area contributed by atoms with Gasteiger partial charge in [-0.3, -0.25) is 0 Å². The Bertz CT molecular complexity index is 6770. The molecule has 598 valence electrons. The first-order valence-corrected chi connectivity index (χ1v) is 41.0. The van der Waals surface area contributed by atoms with Crippen LogP contribution in [0.5, 0.6) is 74.7 Å². The molecule has 0 amide bonds. The summed E-state index contributed by atoms with van der Waals surface area (Å²) >= 11 is 0. The van der Waals surface area contributed by atoms with Crippen LogP contribution < -0.4 is 74.6 Å². The molecule has 0 aliphatic carbocycles. The zero-order chi connectivity index (χ0) is 81.9. The highest BCUT2D eigenvalue weighted by Crippen LogP contribution is 2.45. The quantitative estimate of drug-likeness (QED) is 0.0920. The molecular weight excluding hydrogens is 1500 g/mol. The molecule has 18 heteroatoms. The molecule has 120 heavy (non-hydrogen) atoms. The van der Waals surface area contributed by atoms with Crippen molar-refractivity contribution in [2.24, 2.45) is 0 Å². The fourth-order valence-corrected chi connectivity index (χ4v) is 18.9. The van der Waals surface area contributed by atoms with Crippen LogP contribution in [-0.4, -0.2) is 79.5 Å². The van der Waals surface area contributed by atoms with Gasteiger partial charge in [0.25, 0.3) is 0 Å². The molecule has 17 aromatic rings. The van der Waals surface area contributed by atoms with Gasteiger partial charge in [0.15, 0.2) is 97.5 Å². The third-order valence-corrected chi connectivity index (χ3v) is 25.0. The van der Waals surface area contributed by atoms with Gasteiger partial charge in [-0.2, -0.15) is 22.5 Å². The minimum Gasteiger partial charge on any atom is -0.504 e. The summed E-state index contributed by atoms with van der Waals surface area (Å²) in [6, 6.07) is 57.3. The van der Waals surface area contributed by atoms with Crippen LogP contribution in [0.1, 0.15) is 55.6 Å². The maximum absolute atomic E-state index is 10.0. The number of phenolic OH excluding ortho intramolecular Hbond substituents is 2. The second kappa shape index (κ2) is 30.2. The number of hydrogen-bond donors (Lipinski definition) is 2. The predicted octanol–water partition coefficient (Wildman–Crippen LogP) is 17.7. The molecule has 0 radical (unpaired) electrons. The zero-order valence-electron chi connectivity index (χ0n) is 68.9. The normalized spacial score (nSPS) is 13.7. The molecular formula is C102H92N5O13+5. The van der Waals surface area contributed by atoms with Crippen molar-refractivity contribution in [3.8, 4) is 109 Å². The van der Waals surface area contributed by atoms with Gasteiger partial charge in [0.1, 0.15) is 40.2 Å². The number of pyridine rings is 7. The van der Waals surface area contributed by atoms with Gasteiger partial charge in [0.2, 0.25) is 34.9 Å². The highest BCUT2D eigenvalue weighted by molar-refractivity contribution is 6.02. The Kier molecular flexibility index (Phi) is 18.9. The topological polar surface area (TPSA) is 162 Å². The lowest BCUT2D eigenvalue weighted by Crippen LogP contribution is -2.40. The highest BCUT2D eigenvalue weighted by atomic mass is 16.7. The van der Waals surface area contributed by atoms with Gasteiger partial charge in [0.05, 0.1) is 117 Å². The van der Waals surface area contributed by atoms with Crippen molar-refractivity contribution < 1.29 is 84.8 Å². The number of rotatable bonds is 6. The number of hydrogen-bond acceptors (Lipinski definition) is 13. The largest absolute Gasteiger partial charge is 0.504 e. The van der Waals surface area contributed by atoms with Gasteiger partial charge in [-0.1, -0.05) is 42.5 Å². The second-order valence-electron chi connectivity index (χ2n) is 31.9. The van der Waals surface area contributed by atoms with Crippen molar-refractivity contribution in [1.29, 1.82) is 0 Å². The summed E-state index contributed by atoms with van der Waals surface area (Å²) < 4.78 is 72.6. The number of phenols is 2. The van der Waals surface area contributed by atoms with Crippen molar-refractivity contribution in [2.45, 2.75) is 85.9 Å². The Balaban J connectivity index is 0.0000000958. The summed E-state index contributed by atoms with van der Waals surface area (Å²) in [7, 11) is 10.1. The van der Waals surface area contributed by atoms with Crippen molar-refractivity contribution in [3.63, 3.8) is 0 Å². The smallest absolute Gasteiger partial charge is 0.231 e. The molecule has 0 saturated carbocycles. The van der Waals surface area contributed by atoms with Crippen LogP contribution in [0, 0.1) is 27.7 Å². The van der Waals surface area contributed by atoms with Crippen molar-refractivity contribution >= 4 is 86.4 Å². The lowest BCUT2D eigenvalue weighted by molar-refractivity contribution is -0.686. The van der Waals surface area contributed by atoms with Crippen LogP contribution in [0.4, 0.5) is 0 Å². The van der Waals surface area contributed by atoms with E-state index in [0.29, 0.717) is 18.3 Å². The fraction of sp³-hybridized carbons (Fsp3) is 0.225. The summed E-state index contributed by atoms with van der Waals surface area (Å²) in [5.41, 5.74) is 22.6. The first kappa shape index (κ1) is 74.9. The molecule has 10 aromatic carbocycles. The van der Waals surface area contributed by atoms with Crippen molar-refractivity contribution in [3.05, 3.63) is 263 Å². The van der Waals surface area contributed by atoms with E-state index in [-0.39, 0.29) is 11.5 Å². The molecule has 0 fully saturated rings. The molecule has 2 N–H and O–H groups in total. The van der Waals surface area contributed by atoms with Crippen LogP contribution in [0.15, 0.2) is 207 Å². The average Bonchev–Trinajstić information content (AvgIpc) is 0.956. The number of aromatic nitrogens is 5. The van der Waals surface area contributed by atoms with E-state index in [1.807, 2.05) is 43.0 Å². The van der Waals surface area contributed by atoms with Crippen molar-refractivity contribution in [2.75, 3.05) is 69.3 Å². The second-order valence-corrected chi connectivity index (χ2v) is 31.9. The molecule has 0 saturated heterocycles. The Morgan fingerprint density at radius 1 is 0.292 bits per heavy atom. The lowest BCUT2D eigenvalue weighted by Gasteiger charge is -2.18. The summed E-state index contributed by atoms with van der Waals surface area (Å²) in [4.78, 5) is 0. The lowest BCUT2D eigenvalue weighted by atomic mass is 9.93. The summed E-state index contributed by atoms with van der Waals surface area (Å²) in [6.45, 7) is 14.0. The number of ether oxygens (including phenoxy) is 11. The molecule has 24 rings (SSSR count). The maximum Gasteiger partial charge on any atom is 0.231 e. The number of fused-ring (bicyclic) bond motifs is 25. The Hall–Kier alpha value is -13.9. The minimum absolute atomic E-state index is 0.150. The van der Waals surface area contributed by atoms with Gasteiger partial charge < -0.3 is 62.3 Å². The Labute approximate surface area is 693 Å². The van der Waals surface area contributed by atoms with Gasteiger partial charge in [-0.15, -0.1) is 0 Å². The number of aryl methyl sites for hydroxylation is 10. The number of nitrogens with zero attached hydrogens (tertiary/aromatic N) is 5. The zero-order valence-corrected chi connectivity index (χ0v) is 68.9. The summed E-state index contributed by atoms with van der Waals surface area (Å²) in [6.07, 6.45) is 20.9. The van der Waals surface area contributed by atoms with Crippen LogP contribution in [0.3, 0.4) is 0 Å². The Morgan fingerprint density at radius 2 is 0.675 bits per heavy atom. The van der Waals surface area contributed by atoms with E-state index in [4.69, 9.17) is 52.1 Å². The first-order chi connectivity index (χ1) is 58.6. The SMILES string of the molecule is COc1c(O)ccc2cc3c4cc5c(cc4cc[n+]3cc12)CCO5.COc1c(O)ccc2cc3c4cc5c(cc4cc[n+]3cc12)CCO5.COc1cc2c(cc1C)CC[n+]1cc3c(OC)c(C)ccc3cc1-2.COc1cc2c(cc1C)CC[n+]1cc3c(OC)c(C)ccc3cc1-2.c1c2c(cc3c1CC[n+]1cc4c5c(ccc4cc1-3)OCO5)OCC2. The molecule has 18 nitrogen and oxygen atoms in total. The Morgan fingerprint density at radius 3 is 1.13 bits per heavy atom. The standard InChI is InChI=1S/2C21H22NO2.C20H16NO3.2C20H15NO3/c2*1-13-5-6-15-10-19-17-11-20(23-3)14(2)9-16(17)7-8-22(19)12-18(15)21(13)24-4;1-2-18-20(24-11-23-18)16-10-21-5-3-13-7-14-4-6-22-19(14)9-15(13)17(21)8-12(1)16;2*1-23-20-16-11-21-6-4-13-8-14-5-7-24-19(14)10-15(13)17(21)9-12(16)2-3-18(20)22/h2*5-6,9-12H,7-8H2,1-4H3;1-2,7-10H,3-6,11H2;2*2-4,6,8-11H,5,7H2,1H3/q3*+1;;/p+2.